The Morgan fingerprint density at radius 3 is 2.62 bits per heavy atom. The summed E-state index contributed by atoms with van der Waals surface area (Å²) in [5.41, 5.74) is 0.827. The molecule has 0 radical (unpaired) electrons. The number of hydrogen-bond acceptors (Lipinski definition) is 5. The second kappa shape index (κ2) is 8.22. The number of benzene rings is 2. The summed E-state index contributed by atoms with van der Waals surface area (Å²) in [6.45, 7) is 1.69. The van der Waals surface area contributed by atoms with Crippen LogP contribution in [0.5, 0.6) is 5.75 Å². The van der Waals surface area contributed by atoms with Gasteiger partial charge in [-0.15, -0.1) is 0 Å². The molecule has 0 unspecified atom stereocenters. The summed E-state index contributed by atoms with van der Waals surface area (Å²) in [5.74, 6) is -0.786. The molecular formula is C19H18Cl2N2O5S. The topological polar surface area (TPSA) is 92.8 Å². The van der Waals surface area contributed by atoms with E-state index in [0.717, 1.165) is 0 Å². The van der Waals surface area contributed by atoms with Crippen molar-refractivity contribution >= 4 is 50.7 Å². The zero-order chi connectivity index (χ0) is 21.3. The van der Waals surface area contributed by atoms with Gasteiger partial charge in [-0.25, -0.2) is 12.7 Å². The molecule has 0 aliphatic carbocycles. The van der Waals surface area contributed by atoms with Crippen LogP contribution in [0.15, 0.2) is 41.3 Å². The maximum atomic E-state index is 13.1. The van der Waals surface area contributed by atoms with Crippen LogP contribution in [0.3, 0.4) is 0 Å². The molecule has 2 aromatic carbocycles. The number of nitrogens with one attached hydrogen (secondary N) is 1. The fourth-order valence-corrected chi connectivity index (χ4v) is 5.18. The molecule has 0 saturated carbocycles. The molecular weight excluding hydrogens is 439 g/mol. The van der Waals surface area contributed by atoms with Gasteiger partial charge in [0.2, 0.25) is 11.8 Å². The zero-order valence-corrected chi connectivity index (χ0v) is 17.9. The first-order chi connectivity index (χ1) is 13.7. The largest absolute Gasteiger partial charge is 0.496 e. The van der Waals surface area contributed by atoms with Gasteiger partial charge in [-0.1, -0.05) is 29.3 Å². The third kappa shape index (κ3) is 4.05. The standard InChI is InChI=1S/C19H18Cl2N2O5S/c1-11-10-12(6-8-16(11)28-2)29(26,27)23-15(7-9-17(23)24)19(25)22-14-5-3-4-13(20)18(14)21/h3-6,8,10,15H,7,9H2,1-2H3,(H,22,25)/t15-/m1/s1. The highest BCUT2D eigenvalue weighted by Crippen LogP contribution is 2.33. The van der Waals surface area contributed by atoms with Crippen LogP contribution in [0.2, 0.25) is 10.0 Å². The molecule has 2 amide bonds. The number of sulfonamides is 1. The average Bonchev–Trinajstić information content (AvgIpc) is 3.07. The first-order valence-corrected chi connectivity index (χ1v) is 10.8. The Hall–Kier alpha value is -2.29. The molecule has 1 atom stereocenters. The second-order valence-corrected chi connectivity index (χ2v) is 9.07. The maximum absolute atomic E-state index is 13.1. The molecule has 10 heteroatoms. The predicted octanol–water partition coefficient (Wildman–Crippen LogP) is 3.63. The van der Waals surface area contributed by atoms with Crippen molar-refractivity contribution in [1.29, 1.82) is 0 Å². The van der Waals surface area contributed by atoms with Crippen LogP contribution in [0.4, 0.5) is 5.69 Å². The first-order valence-electron chi connectivity index (χ1n) is 8.63. The normalized spacial score (nSPS) is 16.8. The molecule has 1 aliphatic rings. The number of methoxy groups -OCH3 is 1. The third-order valence-electron chi connectivity index (χ3n) is 4.60. The van der Waals surface area contributed by atoms with Crippen LogP contribution < -0.4 is 10.1 Å². The maximum Gasteiger partial charge on any atom is 0.267 e. The van der Waals surface area contributed by atoms with Gasteiger partial charge in [-0.3, -0.25) is 9.59 Å². The molecule has 29 heavy (non-hydrogen) atoms. The molecule has 7 nitrogen and oxygen atoms in total. The summed E-state index contributed by atoms with van der Waals surface area (Å²) >= 11 is 12.0. The van der Waals surface area contributed by atoms with Crippen molar-refractivity contribution in [2.75, 3.05) is 12.4 Å². The Morgan fingerprint density at radius 2 is 1.97 bits per heavy atom. The Labute approximate surface area is 178 Å². The molecule has 154 valence electrons. The summed E-state index contributed by atoms with van der Waals surface area (Å²) < 4.78 is 32.0. The highest BCUT2D eigenvalue weighted by molar-refractivity contribution is 7.89. The van der Waals surface area contributed by atoms with Gasteiger partial charge in [0.1, 0.15) is 11.8 Å². The van der Waals surface area contributed by atoms with Gasteiger partial charge in [-0.2, -0.15) is 0 Å². The minimum Gasteiger partial charge on any atom is -0.496 e. The fourth-order valence-electron chi connectivity index (χ4n) is 3.14. The lowest BCUT2D eigenvalue weighted by Crippen LogP contribution is -2.45. The van der Waals surface area contributed by atoms with Crippen molar-refractivity contribution in [2.24, 2.45) is 0 Å². The summed E-state index contributed by atoms with van der Waals surface area (Å²) in [4.78, 5) is 25.1. The molecule has 1 saturated heterocycles. The smallest absolute Gasteiger partial charge is 0.267 e. The van der Waals surface area contributed by atoms with Crippen molar-refractivity contribution < 1.29 is 22.7 Å². The minimum absolute atomic E-state index is 0.0598. The van der Waals surface area contributed by atoms with E-state index in [0.29, 0.717) is 15.6 Å². The van der Waals surface area contributed by atoms with Gasteiger partial charge < -0.3 is 10.1 Å². The van der Waals surface area contributed by atoms with Crippen molar-refractivity contribution in [1.82, 2.24) is 4.31 Å². The van der Waals surface area contributed by atoms with E-state index in [1.807, 2.05) is 0 Å². The van der Waals surface area contributed by atoms with Gasteiger partial charge >= 0.3 is 0 Å². The fraction of sp³-hybridized carbons (Fsp3) is 0.263. The number of rotatable bonds is 5. The Morgan fingerprint density at radius 1 is 1.24 bits per heavy atom. The average molecular weight is 457 g/mol. The Bertz CT molecular complexity index is 1090. The molecule has 1 fully saturated rings. The van der Waals surface area contributed by atoms with Crippen LogP contribution >= 0.6 is 23.2 Å². The van der Waals surface area contributed by atoms with Gasteiger partial charge in [0, 0.05) is 6.42 Å². The van der Waals surface area contributed by atoms with Gasteiger partial charge in [0.15, 0.2) is 0 Å². The molecule has 1 aliphatic heterocycles. The van der Waals surface area contributed by atoms with Crippen molar-refractivity contribution in [3.8, 4) is 5.75 Å². The third-order valence-corrected chi connectivity index (χ3v) is 7.24. The van der Waals surface area contributed by atoms with E-state index in [2.05, 4.69) is 5.32 Å². The molecule has 1 heterocycles. The van der Waals surface area contributed by atoms with Crippen LogP contribution in [-0.2, 0) is 19.6 Å². The predicted molar refractivity (Wildman–Crippen MR) is 110 cm³/mol. The molecule has 3 rings (SSSR count). The van der Waals surface area contributed by atoms with E-state index < -0.39 is 27.9 Å². The van der Waals surface area contributed by atoms with E-state index in [-0.39, 0.29) is 33.5 Å². The van der Waals surface area contributed by atoms with Gasteiger partial charge in [-0.05, 0) is 49.2 Å². The lowest BCUT2D eigenvalue weighted by atomic mass is 10.2. The molecule has 0 aromatic heterocycles. The van der Waals surface area contributed by atoms with Crippen LogP contribution in [-0.4, -0.2) is 37.7 Å². The number of aryl methyl sites for hydroxylation is 1. The number of ether oxygens (including phenoxy) is 1. The number of hydrogen-bond donors (Lipinski definition) is 1. The summed E-state index contributed by atoms with van der Waals surface area (Å²) in [7, 11) is -2.76. The number of carbonyl (C=O) groups excluding carboxylic acids is 2. The minimum atomic E-state index is -4.23. The molecule has 2 aromatic rings. The van der Waals surface area contributed by atoms with Crippen molar-refractivity contribution in [2.45, 2.75) is 30.7 Å². The van der Waals surface area contributed by atoms with E-state index in [1.54, 1.807) is 19.1 Å². The lowest BCUT2D eigenvalue weighted by Gasteiger charge is -2.24. The van der Waals surface area contributed by atoms with Crippen molar-refractivity contribution in [3.63, 3.8) is 0 Å². The molecule has 0 bridgehead atoms. The lowest BCUT2D eigenvalue weighted by molar-refractivity contribution is -0.128. The SMILES string of the molecule is COc1ccc(S(=O)(=O)N2C(=O)CC[C@@H]2C(=O)Nc2cccc(Cl)c2Cl)cc1C. The highest BCUT2D eigenvalue weighted by atomic mass is 35.5. The Balaban J connectivity index is 1.92. The number of anilines is 1. The van der Waals surface area contributed by atoms with E-state index in [9.17, 15) is 18.0 Å². The van der Waals surface area contributed by atoms with Crippen molar-refractivity contribution in [3.05, 3.63) is 52.0 Å². The van der Waals surface area contributed by atoms with Gasteiger partial charge in [0.25, 0.3) is 10.0 Å². The molecule has 1 N–H and O–H groups in total. The van der Waals surface area contributed by atoms with Crippen LogP contribution in [0.1, 0.15) is 18.4 Å². The second-order valence-electron chi connectivity index (χ2n) is 6.47. The van der Waals surface area contributed by atoms with E-state index in [1.165, 1.54) is 31.4 Å². The summed E-state index contributed by atoms with van der Waals surface area (Å²) in [5, 5.41) is 2.94. The Kier molecular flexibility index (Phi) is 6.07. The van der Waals surface area contributed by atoms with E-state index in [4.69, 9.17) is 27.9 Å². The van der Waals surface area contributed by atoms with Crippen LogP contribution in [0, 0.1) is 6.92 Å². The zero-order valence-electron chi connectivity index (χ0n) is 15.6. The summed E-state index contributed by atoms with van der Waals surface area (Å²) in [6.07, 6.45) is 0.00689. The highest BCUT2D eigenvalue weighted by Gasteiger charge is 2.44. The van der Waals surface area contributed by atoms with Crippen LogP contribution in [0.25, 0.3) is 0 Å². The quantitative estimate of drug-likeness (QED) is 0.741. The number of amides is 2. The number of nitrogens with zero attached hydrogens (tertiary/aromatic N) is 1. The first kappa shape index (κ1) is 21.4. The number of carbonyl (C=O) groups is 2. The van der Waals surface area contributed by atoms with E-state index >= 15 is 0 Å². The molecule has 0 spiro atoms. The van der Waals surface area contributed by atoms with Gasteiger partial charge in [0.05, 0.1) is 27.7 Å². The number of halogens is 2. The summed E-state index contributed by atoms with van der Waals surface area (Å²) in [6, 6.07) is 7.75. The monoisotopic (exact) mass is 456 g/mol.